The zero-order chi connectivity index (χ0) is 18.8. The molecule has 1 heterocycles. The highest BCUT2D eigenvalue weighted by Crippen LogP contribution is 2.33. The number of amides is 1. The second-order valence-corrected chi connectivity index (χ2v) is 6.54. The summed E-state index contributed by atoms with van der Waals surface area (Å²) in [5.74, 6) is -0.770. The predicted molar refractivity (Wildman–Crippen MR) is 86.1 cm³/mol. The minimum absolute atomic E-state index is 0.0297. The SMILES string of the molecule is CC(C)(C)OC(=O)NC1=NC(c2cc(N)ccc2F)C(C(F)F)OC1. The molecule has 0 aromatic heterocycles. The third-order valence-electron chi connectivity index (χ3n) is 3.25. The fourth-order valence-corrected chi connectivity index (χ4v) is 2.28. The van der Waals surface area contributed by atoms with Crippen LogP contribution in [0.4, 0.5) is 23.7 Å². The van der Waals surface area contributed by atoms with Gasteiger partial charge in [0.2, 0.25) is 0 Å². The highest BCUT2D eigenvalue weighted by atomic mass is 19.3. The van der Waals surface area contributed by atoms with Crippen LogP contribution >= 0.6 is 0 Å². The van der Waals surface area contributed by atoms with Crippen molar-refractivity contribution < 1.29 is 27.4 Å². The van der Waals surface area contributed by atoms with Crippen molar-refractivity contribution >= 4 is 17.6 Å². The number of alkyl halides is 2. The molecule has 6 nitrogen and oxygen atoms in total. The lowest BCUT2D eigenvalue weighted by Crippen LogP contribution is -2.44. The molecule has 0 bridgehead atoms. The third kappa shape index (κ3) is 5.09. The molecule has 2 unspecified atom stereocenters. The number of ether oxygens (including phenoxy) is 2. The highest BCUT2D eigenvalue weighted by molar-refractivity contribution is 5.96. The molecule has 2 rings (SSSR count). The van der Waals surface area contributed by atoms with Gasteiger partial charge in [-0.2, -0.15) is 0 Å². The van der Waals surface area contributed by atoms with Crippen molar-refractivity contribution in [2.75, 3.05) is 12.3 Å². The second-order valence-electron chi connectivity index (χ2n) is 6.54. The van der Waals surface area contributed by atoms with Gasteiger partial charge in [-0.25, -0.2) is 18.0 Å². The fourth-order valence-electron chi connectivity index (χ4n) is 2.28. The van der Waals surface area contributed by atoms with Crippen LogP contribution in [0.25, 0.3) is 0 Å². The van der Waals surface area contributed by atoms with Crippen LogP contribution in [0.15, 0.2) is 23.2 Å². The molecule has 1 aromatic rings. The van der Waals surface area contributed by atoms with E-state index in [0.29, 0.717) is 0 Å². The molecule has 0 saturated carbocycles. The number of aliphatic imine (C=N–C) groups is 1. The van der Waals surface area contributed by atoms with E-state index in [1.54, 1.807) is 20.8 Å². The van der Waals surface area contributed by atoms with Gasteiger partial charge in [-0.15, -0.1) is 0 Å². The molecule has 1 aromatic carbocycles. The molecule has 0 aliphatic carbocycles. The standard InChI is InChI=1S/C16H20F3N3O3/c1-16(2,3)25-15(23)22-11-7-24-13(14(18)19)12(21-11)9-6-8(20)4-5-10(9)17/h4-6,12-14H,7,20H2,1-3H3,(H,21,22,23). The predicted octanol–water partition coefficient (Wildman–Crippen LogP) is 3.04. The maximum atomic E-state index is 14.1. The molecule has 0 radical (unpaired) electrons. The first-order valence-electron chi connectivity index (χ1n) is 7.58. The van der Waals surface area contributed by atoms with Crippen molar-refractivity contribution in [2.45, 2.75) is 44.9 Å². The van der Waals surface area contributed by atoms with Crippen LogP contribution in [0, 0.1) is 5.82 Å². The number of carbonyl (C=O) groups is 1. The largest absolute Gasteiger partial charge is 0.444 e. The van der Waals surface area contributed by atoms with Crippen molar-refractivity contribution in [2.24, 2.45) is 4.99 Å². The van der Waals surface area contributed by atoms with Crippen LogP contribution < -0.4 is 11.1 Å². The van der Waals surface area contributed by atoms with Gasteiger partial charge in [-0.3, -0.25) is 10.3 Å². The third-order valence-corrected chi connectivity index (χ3v) is 3.25. The summed E-state index contributed by atoms with van der Waals surface area (Å²) in [6.45, 7) is 4.66. The van der Waals surface area contributed by atoms with E-state index in [2.05, 4.69) is 10.3 Å². The zero-order valence-corrected chi connectivity index (χ0v) is 14.1. The number of nitrogen functional groups attached to an aromatic ring is 1. The van der Waals surface area contributed by atoms with E-state index in [4.69, 9.17) is 15.2 Å². The number of rotatable bonds is 2. The van der Waals surface area contributed by atoms with E-state index in [9.17, 15) is 18.0 Å². The Morgan fingerprint density at radius 2 is 2.12 bits per heavy atom. The summed E-state index contributed by atoms with van der Waals surface area (Å²) in [6, 6.07) is 2.25. The summed E-state index contributed by atoms with van der Waals surface area (Å²) in [6.07, 6.45) is -5.35. The minimum Gasteiger partial charge on any atom is -0.444 e. The van der Waals surface area contributed by atoms with Gasteiger partial charge in [0, 0.05) is 11.3 Å². The molecule has 138 valence electrons. The van der Waals surface area contributed by atoms with Gasteiger partial charge in [0.15, 0.2) is 0 Å². The zero-order valence-electron chi connectivity index (χ0n) is 14.1. The lowest BCUT2D eigenvalue weighted by atomic mass is 9.99. The maximum Gasteiger partial charge on any atom is 0.413 e. The summed E-state index contributed by atoms with van der Waals surface area (Å²) in [7, 11) is 0. The Morgan fingerprint density at radius 1 is 1.44 bits per heavy atom. The van der Waals surface area contributed by atoms with Gasteiger partial charge in [0.25, 0.3) is 6.43 Å². The average Bonchev–Trinajstić information content (AvgIpc) is 2.47. The van der Waals surface area contributed by atoms with E-state index in [1.165, 1.54) is 12.1 Å². The normalized spacial score (nSPS) is 21.0. The summed E-state index contributed by atoms with van der Waals surface area (Å²) in [5.41, 5.74) is 4.93. The van der Waals surface area contributed by atoms with E-state index in [1.807, 2.05) is 0 Å². The van der Waals surface area contributed by atoms with Crippen LogP contribution in [-0.2, 0) is 9.47 Å². The highest BCUT2D eigenvalue weighted by Gasteiger charge is 2.37. The monoisotopic (exact) mass is 359 g/mol. The number of halogens is 3. The maximum absolute atomic E-state index is 14.1. The Bertz CT molecular complexity index is 674. The Morgan fingerprint density at radius 3 is 2.72 bits per heavy atom. The van der Waals surface area contributed by atoms with Crippen molar-refractivity contribution in [1.82, 2.24) is 5.32 Å². The van der Waals surface area contributed by atoms with E-state index in [0.717, 1.165) is 6.07 Å². The van der Waals surface area contributed by atoms with Crippen LogP contribution in [0.2, 0.25) is 0 Å². The van der Waals surface area contributed by atoms with Crippen LogP contribution in [0.1, 0.15) is 32.4 Å². The number of alkyl carbamates (subject to hydrolysis) is 1. The number of carbonyl (C=O) groups excluding carboxylic acids is 1. The average molecular weight is 359 g/mol. The number of amidine groups is 1. The molecule has 0 saturated heterocycles. The van der Waals surface area contributed by atoms with Crippen molar-refractivity contribution in [3.8, 4) is 0 Å². The Balaban J connectivity index is 2.29. The number of benzene rings is 1. The number of nitrogens with one attached hydrogen (secondary N) is 1. The van der Waals surface area contributed by atoms with E-state index in [-0.39, 0.29) is 23.7 Å². The first-order valence-corrected chi connectivity index (χ1v) is 7.58. The van der Waals surface area contributed by atoms with Gasteiger partial charge < -0.3 is 15.2 Å². The first-order chi connectivity index (χ1) is 11.6. The van der Waals surface area contributed by atoms with Crippen LogP contribution in [0.5, 0.6) is 0 Å². The first kappa shape index (κ1) is 19.0. The van der Waals surface area contributed by atoms with Gasteiger partial charge in [0.05, 0.1) is 0 Å². The molecule has 1 aliphatic rings. The molecule has 3 N–H and O–H groups in total. The molecule has 0 spiro atoms. The molecule has 9 heteroatoms. The Labute approximate surface area is 143 Å². The van der Waals surface area contributed by atoms with E-state index < -0.39 is 36.1 Å². The number of nitrogens with two attached hydrogens (primary N) is 1. The second kappa shape index (κ2) is 7.30. The summed E-state index contributed by atoms with van der Waals surface area (Å²) in [4.78, 5) is 15.8. The quantitative estimate of drug-likeness (QED) is 0.795. The van der Waals surface area contributed by atoms with Crippen molar-refractivity contribution in [3.63, 3.8) is 0 Å². The van der Waals surface area contributed by atoms with Gasteiger partial charge in [-0.1, -0.05) is 0 Å². The fraction of sp³-hybridized carbons (Fsp3) is 0.500. The summed E-state index contributed by atoms with van der Waals surface area (Å²) < 4.78 is 50.7. The molecular formula is C16H20F3N3O3. The topological polar surface area (TPSA) is 85.9 Å². The number of hydrogen-bond acceptors (Lipinski definition) is 5. The molecule has 1 aliphatic heterocycles. The lowest BCUT2D eigenvalue weighted by Gasteiger charge is -2.30. The molecular weight excluding hydrogens is 339 g/mol. The minimum atomic E-state index is -2.89. The Kier molecular flexibility index (Phi) is 5.56. The van der Waals surface area contributed by atoms with Crippen LogP contribution in [0.3, 0.4) is 0 Å². The van der Waals surface area contributed by atoms with Crippen molar-refractivity contribution in [1.29, 1.82) is 0 Å². The van der Waals surface area contributed by atoms with Gasteiger partial charge in [-0.05, 0) is 39.0 Å². The summed E-state index contributed by atoms with van der Waals surface area (Å²) in [5, 5.41) is 2.33. The van der Waals surface area contributed by atoms with Crippen molar-refractivity contribution in [3.05, 3.63) is 29.6 Å². The van der Waals surface area contributed by atoms with Gasteiger partial charge in [0.1, 0.15) is 36.0 Å². The smallest absolute Gasteiger partial charge is 0.413 e. The lowest BCUT2D eigenvalue weighted by molar-refractivity contribution is -0.0627. The molecule has 25 heavy (non-hydrogen) atoms. The number of hydrogen-bond donors (Lipinski definition) is 2. The number of nitrogens with zero attached hydrogens (tertiary/aromatic N) is 1. The molecule has 1 amide bonds. The molecule has 2 atom stereocenters. The van der Waals surface area contributed by atoms with Gasteiger partial charge >= 0.3 is 6.09 Å². The molecule has 0 fully saturated rings. The van der Waals surface area contributed by atoms with Crippen LogP contribution in [-0.4, -0.2) is 36.7 Å². The van der Waals surface area contributed by atoms with E-state index >= 15 is 0 Å². The number of anilines is 1. The Hall–Kier alpha value is -2.29. The summed E-state index contributed by atoms with van der Waals surface area (Å²) >= 11 is 0.